The normalized spacial score (nSPS) is 14.6. The molecule has 0 spiro atoms. The predicted molar refractivity (Wildman–Crippen MR) is 64.4 cm³/mol. The number of hydrogen-bond donors (Lipinski definition) is 1. The zero-order valence-corrected chi connectivity index (χ0v) is 12.3. The van der Waals surface area contributed by atoms with E-state index in [9.17, 15) is 4.79 Å². The zero-order chi connectivity index (χ0) is 12.1. The Labute approximate surface area is 103 Å². The first-order valence-corrected chi connectivity index (χ1v) is 11.7. The fourth-order valence-electron chi connectivity index (χ4n) is 1.51. The van der Waals surface area contributed by atoms with Gasteiger partial charge >= 0.3 is 104 Å². The molecule has 1 N–H and O–H groups in total. The number of carbonyl (C=O) groups excluding carboxylic acids is 1. The van der Waals surface area contributed by atoms with Crippen molar-refractivity contribution in [2.75, 3.05) is 0 Å². The number of esters is 1. The number of hydrogen-bond acceptors (Lipinski definition) is 3. The van der Waals surface area contributed by atoms with Crippen molar-refractivity contribution in [1.82, 2.24) is 0 Å². The third-order valence-electron chi connectivity index (χ3n) is 2.14. The van der Waals surface area contributed by atoms with Crippen molar-refractivity contribution in [2.45, 2.75) is 26.8 Å². The summed E-state index contributed by atoms with van der Waals surface area (Å²) in [4.78, 5) is 16.1. The van der Waals surface area contributed by atoms with Crippen LogP contribution in [0.2, 0.25) is 9.74 Å². The van der Waals surface area contributed by atoms with Gasteiger partial charge in [-0.1, -0.05) is 0 Å². The van der Waals surface area contributed by atoms with Gasteiger partial charge in [-0.05, 0) is 0 Å². The summed E-state index contributed by atoms with van der Waals surface area (Å²) in [6, 6.07) is 9.65. The summed E-state index contributed by atoms with van der Waals surface area (Å²) in [6.45, 7) is 1.45. The van der Waals surface area contributed by atoms with Crippen molar-refractivity contribution in [2.24, 2.45) is 0 Å². The van der Waals surface area contributed by atoms with Gasteiger partial charge in [-0.3, -0.25) is 0 Å². The second-order valence-electron chi connectivity index (χ2n) is 3.81. The first kappa shape index (κ1) is 13.5. The topological polar surface area (TPSA) is 46.5 Å². The molecule has 0 saturated carbocycles. The van der Waals surface area contributed by atoms with Crippen molar-refractivity contribution in [3.05, 3.63) is 35.9 Å². The van der Waals surface area contributed by atoms with Gasteiger partial charge in [0.1, 0.15) is 0 Å². The predicted octanol–water partition coefficient (Wildman–Crippen LogP) is 1.95. The van der Waals surface area contributed by atoms with E-state index in [0.29, 0.717) is 0 Å². The maximum atomic E-state index is 11.9. The molecule has 0 heterocycles. The summed E-state index contributed by atoms with van der Waals surface area (Å²) >= 11 is -1.65. The number of benzene rings is 1. The SMILES string of the molecule is CC(O)OC(=O)[CH](c1ccccc1)[Sb]([CH3])[CH3]. The molecule has 0 radical (unpaired) electrons. The summed E-state index contributed by atoms with van der Waals surface area (Å²) in [5.74, 6) is -0.297. The Hall–Kier alpha value is -0.532. The molecule has 0 fully saturated rings. The zero-order valence-electron chi connectivity index (χ0n) is 9.75. The standard InChI is InChI=1S/C10H11O3.2CH3.Sb/c1-8(11)13-10(12)7-9-5-3-2-4-6-9;;;/h2-8,11H,1H3;2*1H3;. The molecule has 88 valence electrons. The van der Waals surface area contributed by atoms with Crippen molar-refractivity contribution in [1.29, 1.82) is 0 Å². The maximum absolute atomic E-state index is 11.9. The van der Waals surface area contributed by atoms with Crippen LogP contribution in [-0.4, -0.2) is 37.6 Å². The van der Waals surface area contributed by atoms with Crippen molar-refractivity contribution in [3.8, 4) is 0 Å². The summed E-state index contributed by atoms with van der Waals surface area (Å²) in [7, 11) is 0. The number of aliphatic hydroxyl groups is 1. The quantitative estimate of drug-likeness (QED) is 0.521. The molecule has 3 nitrogen and oxygen atoms in total. The van der Waals surface area contributed by atoms with Crippen molar-refractivity contribution >= 4 is 26.2 Å². The van der Waals surface area contributed by atoms with E-state index in [1.165, 1.54) is 6.92 Å². The van der Waals surface area contributed by atoms with Gasteiger partial charge in [0.15, 0.2) is 0 Å². The van der Waals surface area contributed by atoms with Crippen LogP contribution in [0.25, 0.3) is 0 Å². The number of aliphatic hydroxyl groups excluding tert-OH is 1. The minimum atomic E-state index is -1.65. The van der Waals surface area contributed by atoms with Crippen LogP contribution in [0.1, 0.15) is 16.4 Å². The van der Waals surface area contributed by atoms with Crippen LogP contribution in [0.3, 0.4) is 0 Å². The molecule has 16 heavy (non-hydrogen) atoms. The first-order valence-electron chi connectivity index (χ1n) is 5.12. The molecule has 0 aliphatic heterocycles. The molecule has 0 amide bonds. The molecule has 4 heteroatoms. The molecule has 1 aromatic carbocycles. The van der Waals surface area contributed by atoms with Crippen LogP contribution in [0.5, 0.6) is 0 Å². The second-order valence-corrected chi connectivity index (χ2v) is 10.8. The third-order valence-corrected chi connectivity index (χ3v) is 6.54. The number of rotatable bonds is 4. The molecule has 0 aliphatic carbocycles. The molecule has 0 saturated heterocycles. The van der Waals surface area contributed by atoms with Gasteiger partial charge in [-0.2, -0.15) is 0 Å². The summed E-state index contributed by atoms with van der Waals surface area (Å²) in [5.41, 5.74) is 1.00. The summed E-state index contributed by atoms with van der Waals surface area (Å²) in [6.07, 6.45) is -1.03. The van der Waals surface area contributed by atoms with E-state index in [1.807, 2.05) is 30.3 Å². The van der Waals surface area contributed by atoms with Gasteiger partial charge in [0, 0.05) is 0 Å². The second kappa shape index (κ2) is 6.26. The monoisotopic (exact) mass is 330 g/mol. The Morgan fingerprint density at radius 2 is 1.88 bits per heavy atom. The Balaban J connectivity index is 2.88. The molecule has 0 bridgehead atoms. The van der Waals surface area contributed by atoms with Crippen molar-refractivity contribution < 1.29 is 14.6 Å². The molecule has 2 atom stereocenters. The van der Waals surface area contributed by atoms with Crippen molar-refractivity contribution in [3.63, 3.8) is 0 Å². The molecule has 0 aliphatic rings. The Morgan fingerprint density at radius 1 is 1.31 bits per heavy atom. The van der Waals surface area contributed by atoms with Gasteiger partial charge in [-0.15, -0.1) is 0 Å². The molecule has 2 unspecified atom stereocenters. The van der Waals surface area contributed by atoms with Gasteiger partial charge in [0.05, 0.1) is 0 Å². The van der Waals surface area contributed by atoms with E-state index < -0.39 is 26.5 Å². The summed E-state index contributed by atoms with van der Waals surface area (Å²) in [5, 5.41) is 9.08. The van der Waals surface area contributed by atoms with E-state index >= 15 is 0 Å². The van der Waals surface area contributed by atoms with E-state index in [2.05, 4.69) is 9.74 Å². The Morgan fingerprint density at radius 3 is 2.31 bits per heavy atom. The van der Waals surface area contributed by atoms with Crippen LogP contribution in [0.15, 0.2) is 30.3 Å². The number of ether oxygens (including phenoxy) is 1. The third kappa shape index (κ3) is 3.80. The molecular formula is C12H17O3Sb. The van der Waals surface area contributed by atoms with Crippen LogP contribution in [0.4, 0.5) is 0 Å². The Bertz CT molecular complexity index is 335. The average Bonchev–Trinajstić information content (AvgIpc) is 2.17. The number of carbonyl (C=O) groups is 1. The van der Waals surface area contributed by atoms with E-state index in [-0.39, 0.29) is 9.83 Å². The first-order chi connectivity index (χ1) is 7.52. The molecular weight excluding hydrogens is 314 g/mol. The van der Waals surface area contributed by atoms with Crippen LogP contribution >= 0.6 is 0 Å². The fraction of sp³-hybridized carbons (Fsp3) is 0.417. The fourth-order valence-corrected chi connectivity index (χ4v) is 5.08. The van der Waals surface area contributed by atoms with E-state index in [0.717, 1.165) is 5.56 Å². The van der Waals surface area contributed by atoms with Crippen LogP contribution in [0, 0.1) is 0 Å². The van der Waals surface area contributed by atoms with Crippen LogP contribution < -0.4 is 0 Å². The molecule has 1 aromatic rings. The molecule has 0 aromatic heterocycles. The minimum absolute atomic E-state index is 0.140. The summed E-state index contributed by atoms with van der Waals surface area (Å²) < 4.78 is 4.75. The van der Waals surface area contributed by atoms with Gasteiger partial charge in [0.2, 0.25) is 0 Å². The average molecular weight is 331 g/mol. The van der Waals surface area contributed by atoms with Gasteiger partial charge in [0.25, 0.3) is 0 Å². The van der Waals surface area contributed by atoms with Crippen LogP contribution in [-0.2, 0) is 9.53 Å². The molecule has 1 rings (SSSR count). The Kier molecular flexibility index (Phi) is 5.30. The van der Waals surface area contributed by atoms with Gasteiger partial charge in [-0.25, -0.2) is 0 Å². The van der Waals surface area contributed by atoms with E-state index in [4.69, 9.17) is 9.84 Å². The van der Waals surface area contributed by atoms with Gasteiger partial charge < -0.3 is 0 Å². The van der Waals surface area contributed by atoms with E-state index in [1.54, 1.807) is 0 Å².